The molecule has 2 aromatic carbocycles. The van der Waals surface area contributed by atoms with Gasteiger partial charge in [0.05, 0.1) is 21.5 Å². The summed E-state index contributed by atoms with van der Waals surface area (Å²) >= 11 is 0. The molecule has 3 rings (SSSR count). The Morgan fingerprint density at radius 1 is 1.10 bits per heavy atom. The molecular formula is C16H11N3O2. The number of hydrogen-bond acceptors (Lipinski definition) is 4. The first-order valence-corrected chi connectivity index (χ1v) is 6.36. The van der Waals surface area contributed by atoms with Crippen LogP contribution in [-0.2, 0) is 0 Å². The fourth-order valence-electron chi connectivity index (χ4n) is 2.05. The quantitative estimate of drug-likeness (QED) is 0.414. The molecule has 21 heavy (non-hydrogen) atoms. The summed E-state index contributed by atoms with van der Waals surface area (Å²) in [4.78, 5) is 19.1. The summed E-state index contributed by atoms with van der Waals surface area (Å²) in [5, 5.41) is 11.5. The van der Waals surface area contributed by atoms with Crippen LogP contribution in [0, 0.1) is 10.1 Å². The lowest BCUT2D eigenvalue weighted by atomic mass is 10.1. The summed E-state index contributed by atoms with van der Waals surface area (Å²) in [7, 11) is 0. The molecule has 0 atom stereocenters. The molecule has 0 spiro atoms. The van der Waals surface area contributed by atoms with Crippen LogP contribution >= 0.6 is 0 Å². The molecule has 0 fully saturated rings. The van der Waals surface area contributed by atoms with Crippen molar-refractivity contribution in [1.29, 1.82) is 0 Å². The van der Waals surface area contributed by atoms with E-state index in [0.29, 0.717) is 16.6 Å². The third-order valence-electron chi connectivity index (χ3n) is 3.06. The second-order valence-corrected chi connectivity index (χ2v) is 4.46. The highest BCUT2D eigenvalue weighted by Gasteiger charge is 2.11. The standard InChI is InChI=1S/C16H11N3O2/c20-19(21)16-8-9-17-15-7-6-13(10-14(15)16)18-11-12-4-2-1-3-5-12/h1-11H. The molecule has 0 saturated heterocycles. The number of fused-ring (bicyclic) bond motifs is 1. The number of aromatic nitrogens is 1. The molecule has 0 saturated carbocycles. The molecule has 3 aromatic rings. The number of nitrogens with zero attached hydrogens (tertiary/aromatic N) is 3. The molecule has 0 unspecified atom stereocenters. The van der Waals surface area contributed by atoms with Crippen LogP contribution in [0.2, 0.25) is 0 Å². The number of hydrogen-bond donors (Lipinski definition) is 0. The van der Waals surface area contributed by atoms with E-state index < -0.39 is 4.92 Å². The van der Waals surface area contributed by atoms with Crippen LogP contribution in [-0.4, -0.2) is 16.1 Å². The van der Waals surface area contributed by atoms with E-state index in [0.717, 1.165) is 5.56 Å². The highest BCUT2D eigenvalue weighted by Crippen LogP contribution is 2.27. The third-order valence-corrected chi connectivity index (χ3v) is 3.06. The average molecular weight is 277 g/mol. The van der Waals surface area contributed by atoms with Gasteiger partial charge in [0, 0.05) is 18.5 Å². The van der Waals surface area contributed by atoms with Gasteiger partial charge in [-0.1, -0.05) is 30.3 Å². The van der Waals surface area contributed by atoms with Gasteiger partial charge < -0.3 is 0 Å². The summed E-state index contributed by atoms with van der Waals surface area (Å²) in [6, 6.07) is 16.3. The highest BCUT2D eigenvalue weighted by molar-refractivity contribution is 5.91. The van der Waals surface area contributed by atoms with Gasteiger partial charge in [-0.2, -0.15) is 0 Å². The van der Waals surface area contributed by atoms with Gasteiger partial charge in [0.2, 0.25) is 0 Å². The molecule has 102 valence electrons. The van der Waals surface area contributed by atoms with Crippen molar-refractivity contribution in [3.8, 4) is 0 Å². The Balaban J connectivity index is 2.03. The van der Waals surface area contributed by atoms with Gasteiger partial charge in [-0.25, -0.2) is 0 Å². The molecule has 5 nitrogen and oxygen atoms in total. The van der Waals surface area contributed by atoms with Crippen LogP contribution in [0.5, 0.6) is 0 Å². The first-order valence-electron chi connectivity index (χ1n) is 6.36. The molecule has 1 heterocycles. The Kier molecular flexibility index (Phi) is 3.39. The zero-order valence-corrected chi connectivity index (χ0v) is 11.0. The summed E-state index contributed by atoms with van der Waals surface area (Å²) in [5.41, 5.74) is 2.25. The predicted octanol–water partition coefficient (Wildman–Crippen LogP) is 3.89. The fraction of sp³-hybridized carbons (Fsp3) is 0. The maximum Gasteiger partial charge on any atom is 0.280 e. The first kappa shape index (κ1) is 12.9. The van der Waals surface area contributed by atoms with Crippen LogP contribution < -0.4 is 0 Å². The van der Waals surface area contributed by atoms with E-state index in [-0.39, 0.29) is 5.69 Å². The normalized spacial score (nSPS) is 11.0. The summed E-state index contributed by atoms with van der Waals surface area (Å²) in [5.74, 6) is 0. The topological polar surface area (TPSA) is 68.4 Å². The number of benzene rings is 2. The largest absolute Gasteiger partial charge is 0.280 e. The van der Waals surface area contributed by atoms with Gasteiger partial charge in [-0.3, -0.25) is 20.1 Å². The Labute approximate surface area is 120 Å². The first-order chi connectivity index (χ1) is 10.2. The van der Waals surface area contributed by atoms with E-state index in [1.54, 1.807) is 24.4 Å². The van der Waals surface area contributed by atoms with Crippen LogP contribution in [0.25, 0.3) is 10.9 Å². The summed E-state index contributed by atoms with van der Waals surface area (Å²) in [6.07, 6.45) is 3.16. The van der Waals surface area contributed by atoms with Crippen LogP contribution in [0.4, 0.5) is 11.4 Å². The van der Waals surface area contributed by atoms with Gasteiger partial charge in [0.15, 0.2) is 0 Å². The van der Waals surface area contributed by atoms with Crippen molar-refractivity contribution in [2.45, 2.75) is 0 Å². The SMILES string of the molecule is O=[N+]([O-])c1ccnc2ccc(N=Cc3ccccc3)cc12. The van der Waals surface area contributed by atoms with Crippen molar-refractivity contribution in [1.82, 2.24) is 4.98 Å². The lowest BCUT2D eigenvalue weighted by Crippen LogP contribution is -1.90. The predicted molar refractivity (Wildman–Crippen MR) is 82.1 cm³/mol. The maximum atomic E-state index is 11.0. The minimum absolute atomic E-state index is 0.0387. The molecule has 0 aliphatic rings. The number of rotatable bonds is 3. The minimum Gasteiger partial charge on any atom is -0.258 e. The van der Waals surface area contributed by atoms with E-state index in [2.05, 4.69) is 9.98 Å². The second kappa shape index (κ2) is 5.50. The van der Waals surface area contributed by atoms with E-state index >= 15 is 0 Å². The minimum atomic E-state index is -0.408. The molecule has 5 heteroatoms. The molecule has 0 aliphatic carbocycles. The van der Waals surface area contributed by atoms with E-state index in [9.17, 15) is 10.1 Å². The zero-order chi connectivity index (χ0) is 14.7. The van der Waals surface area contributed by atoms with Crippen molar-refractivity contribution in [2.75, 3.05) is 0 Å². The molecule has 0 aliphatic heterocycles. The van der Waals surface area contributed by atoms with E-state index in [4.69, 9.17) is 0 Å². The molecular weight excluding hydrogens is 266 g/mol. The number of pyridine rings is 1. The van der Waals surface area contributed by atoms with Gasteiger partial charge in [-0.05, 0) is 23.8 Å². The fourth-order valence-corrected chi connectivity index (χ4v) is 2.05. The zero-order valence-electron chi connectivity index (χ0n) is 11.0. The van der Waals surface area contributed by atoms with Crippen LogP contribution in [0.3, 0.4) is 0 Å². The third kappa shape index (κ3) is 2.76. The van der Waals surface area contributed by atoms with E-state index in [1.807, 2.05) is 30.3 Å². The average Bonchev–Trinajstić information content (AvgIpc) is 2.53. The van der Waals surface area contributed by atoms with Crippen molar-refractivity contribution in [3.63, 3.8) is 0 Å². The van der Waals surface area contributed by atoms with E-state index in [1.165, 1.54) is 12.3 Å². The van der Waals surface area contributed by atoms with Crippen molar-refractivity contribution in [3.05, 3.63) is 76.5 Å². The van der Waals surface area contributed by atoms with Gasteiger partial charge in [-0.15, -0.1) is 0 Å². The van der Waals surface area contributed by atoms with Crippen molar-refractivity contribution >= 4 is 28.5 Å². The Bertz CT molecular complexity index is 829. The molecule has 1 aromatic heterocycles. The summed E-state index contributed by atoms with van der Waals surface area (Å²) < 4.78 is 0. The maximum absolute atomic E-state index is 11.0. The molecule has 0 N–H and O–H groups in total. The number of nitro groups is 1. The second-order valence-electron chi connectivity index (χ2n) is 4.46. The monoisotopic (exact) mass is 277 g/mol. The van der Waals surface area contributed by atoms with Gasteiger partial charge >= 0.3 is 0 Å². The highest BCUT2D eigenvalue weighted by atomic mass is 16.6. The number of aliphatic imine (C=N–C) groups is 1. The molecule has 0 bridgehead atoms. The Morgan fingerprint density at radius 3 is 2.67 bits per heavy atom. The van der Waals surface area contributed by atoms with Crippen molar-refractivity contribution < 1.29 is 4.92 Å². The molecule has 0 amide bonds. The lowest BCUT2D eigenvalue weighted by molar-refractivity contribution is -0.383. The Hall–Kier alpha value is -3.08. The van der Waals surface area contributed by atoms with Crippen LogP contribution in [0.15, 0.2) is 65.8 Å². The van der Waals surface area contributed by atoms with Gasteiger partial charge in [0.1, 0.15) is 0 Å². The van der Waals surface area contributed by atoms with Crippen molar-refractivity contribution in [2.24, 2.45) is 4.99 Å². The summed E-state index contributed by atoms with van der Waals surface area (Å²) in [6.45, 7) is 0. The van der Waals surface area contributed by atoms with Crippen LogP contribution in [0.1, 0.15) is 5.56 Å². The Morgan fingerprint density at radius 2 is 1.90 bits per heavy atom. The molecule has 0 radical (unpaired) electrons. The van der Waals surface area contributed by atoms with Gasteiger partial charge in [0.25, 0.3) is 5.69 Å². The lowest BCUT2D eigenvalue weighted by Gasteiger charge is -2.00. The smallest absolute Gasteiger partial charge is 0.258 e.